The van der Waals surface area contributed by atoms with Crippen molar-refractivity contribution in [2.45, 2.75) is 129 Å². The number of nitrogens with two attached hydrogens (primary N) is 2. The van der Waals surface area contributed by atoms with Crippen molar-refractivity contribution in [3.63, 3.8) is 0 Å². The van der Waals surface area contributed by atoms with Crippen molar-refractivity contribution in [2.24, 2.45) is 29.2 Å². The number of amides is 6. The second kappa shape index (κ2) is 26.7. The van der Waals surface area contributed by atoms with E-state index in [2.05, 4.69) is 36.9 Å². The second-order valence-electron chi connectivity index (χ2n) is 18.5. The third-order valence-electron chi connectivity index (χ3n) is 11.7. The van der Waals surface area contributed by atoms with Crippen molar-refractivity contribution in [3.8, 4) is 0 Å². The number of aromatic amines is 1. The van der Waals surface area contributed by atoms with Gasteiger partial charge >= 0.3 is 5.97 Å². The number of carbonyl (C=O) groups excluding carboxylic acids is 6. The predicted molar refractivity (Wildman–Crippen MR) is 262 cm³/mol. The Hall–Kier alpha value is -6.59. The lowest BCUT2D eigenvalue weighted by molar-refractivity contribution is -0.143. The van der Waals surface area contributed by atoms with Crippen LogP contribution in [0.5, 0.6) is 0 Å². The molecule has 0 unspecified atom stereocenters. The quantitative estimate of drug-likeness (QED) is 0.0391. The number of benzene rings is 3. The highest BCUT2D eigenvalue weighted by Crippen LogP contribution is 2.20. The average Bonchev–Trinajstić information content (AvgIpc) is 3.71. The van der Waals surface area contributed by atoms with E-state index < -0.39 is 95.5 Å². The fourth-order valence-electron chi connectivity index (χ4n) is 7.86. The summed E-state index contributed by atoms with van der Waals surface area (Å²) in [5.41, 5.74) is 15.2. The van der Waals surface area contributed by atoms with Gasteiger partial charge in [-0.1, -0.05) is 120 Å². The van der Waals surface area contributed by atoms with E-state index in [-0.39, 0.29) is 38.0 Å². The molecule has 12 N–H and O–H groups in total. The lowest BCUT2D eigenvalue weighted by Crippen LogP contribution is -2.61. The van der Waals surface area contributed by atoms with E-state index in [4.69, 9.17) is 11.5 Å². The van der Waals surface area contributed by atoms with Crippen LogP contribution in [0.15, 0.2) is 91.1 Å². The van der Waals surface area contributed by atoms with Crippen molar-refractivity contribution in [2.75, 3.05) is 6.54 Å². The van der Waals surface area contributed by atoms with Gasteiger partial charge in [-0.25, -0.2) is 4.79 Å². The summed E-state index contributed by atoms with van der Waals surface area (Å²) in [4.78, 5) is 99.5. The number of fused-ring (bicyclic) bond motifs is 1. The molecule has 4 aromatic rings. The first-order chi connectivity index (χ1) is 32.4. The molecule has 0 spiro atoms. The standard InChI is InChI=1S/C51H71N9O8/c1-30(2)25-42(51(67)68)58-46(62)39(23-15-16-24-52)55-49(65)43(31(3)4)60-50(66)44(32(5)6)59-48(64)41(28-35-29-54-38-22-14-13-21-36(35)38)57-47(63)40(27-34-19-11-8-12-20-34)56-45(61)37(53)26-33-17-9-7-10-18-33/h7-14,17-22,29-32,37,39-44,54H,15-16,23-28,52-53H2,1-6H3,(H,55,65)(H,56,61)(H,57,63)(H,58,62)(H,59,64)(H,60,66)(H,67,68)/t37-,39-,40-,41-,42-,43-,44-/m1/s1. The third kappa shape index (κ3) is 16.6. The molecule has 17 nitrogen and oxygen atoms in total. The number of rotatable bonds is 27. The minimum Gasteiger partial charge on any atom is -0.480 e. The number of hydrogen-bond donors (Lipinski definition) is 10. The summed E-state index contributed by atoms with van der Waals surface area (Å²) in [6.45, 7) is 10.9. The van der Waals surface area contributed by atoms with Gasteiger partial charge in [-0.05, 0) is 79.2 Å². The van der Waals surface area contributed by atoms with Gasteiger partial charge in [0, 0.05) is 29.9 Å². The lowest BCUT2D eigenvalue weighted by Gasteiger charge is -2.30. The van der Waals surface area contributed by atoms with E-state index in [1.165, 1.54) is 0 Å². The molecule has 0 saturated carbocycles. The van der Waals surface area contributed by atoms with Gasteiger partial charge in [-0.2, -0.15) is 0 Å². The molecule has 0 aliphatic rings. The fourth-order valence-corrected chi connectivity index (χ4v) is 7.86. The highest BCUT2D eigenvalue weighted by Gasteiger charge is 2.36. The molecule has 1 aromatic heterocycles. The number of H-pyrrole nitrogens is 1. The molecule has 368 valence electrons. The largest absolute Gasteiger partial charge is 0.480 e. The van der Waals surface area contributed by atoms with Gasteiger partial charge in [0.2, 0.25) is 35.4 Å². The van der Waals surface area contributed by atoms with Crippen molar-refractivity contribution in [1.29, 1.82) is 0 Å². The molecule has 0 radical (unpaired) electrons. The zero-order valence-electron chi connectivity index (χ0n) is 40.1. The van der Waals surface area contributed by atoms with E-state index >= 15 is 0 Å². The Kier molecular flexibility index (Phi) is 21.2. The van der Waals surface area contributed by atoms with Gasteiger partial charge in [0.25, 0.3) is 0 Å². The summed E-state index contributed by atoms with van der Waals surface area (Å²) in [5, 5.41) is 27.2. The van der Waals surface area contributed by atoms with Crippen LogP contribution in [-0.2, 0) is 52.8 Å². The number of unbranched alkanes of at least 4 members (excludes halogenated alkanes) is 1. The van der Waals surface area contributed by atoms with Gasteiger partial charge in [0.1, 0.15) is 36.3 Å². The van der Waals surface area contributed by atoms with Crippen LogP contribution in [0, 0.1) is 17.8 Å². The topological polar surface area (TPSA) is 280 Å². The first-order valence-electron chi connectivity index (χ1n) is 23.5. The molecule has 0 fully saturated rings. The van der Waals surface area contributed by atoms with Crippen LogP contribution in [0.2, 0.25) is 0 Å². The second-order valence-corrected chi connectivity index (χ2v) is 18.5. The summed E-state index contributed by atoms with van der Waals surface area (Å²) in [6, 6.07) is 17.8. The number of para-hydroxylation sites is 1. The molecule has 0 saturated heterocycles. The van der Waals surface area contributed by atoms with Crippen molar-refractivity contribution in [1.82, 2.24) is 36.9 Å². The Bertz CT molecular complexity index is 2280. The molecule has 0 aliphatic heterocycles. The summed E-state index contributed by atoms with van der Waals surface area (Å²) in [7, 11) is 0. The Morgan fingerprint density at radius 1 is 0.544 bits per heavy atom. The van der Waals surface area contributed by atoms with Gasteiger partial charge in [0.05, 0.1) is 6.04 Å². The first-order valence-corrected chi connectivity index (χ1v) is 23.5. The van der Waals surface area contributed by atoms with Gasteiger partial charge in [-0.3, -0.25) is 28.8 Å². The van der Waals surface area contributed by atoms with Crippen LogP contribution in [0.1, 0.15) is 83.9 Å². The average molecular weight is 938 g/mol. The van der Waals surface area contributed by atoms with E-state index in [0.29, 0.717) is 24.9 Å². The molecule has 4 rings (SSSR count). The Labute approximate surface area is 399 Å². The first kappa shape index (κ1) is 54.0. The fraction of sp³-hybridized carbons (Fsp3) is 0.471. The van der Waals surface area contributed by atoms with Gasteiger partial charge in [0.15, 0.2) is 0 Å². The third-order valence-corrected chi connectivity index (χ3v) is 11.7. The summed E-state index contributed by atoms with van der Waals surface area (Å²) in [5.74, 6) is -6.17. The molecule has 17 heteroatoms. The summed E-state index contributed by atoms with van der Waals surface area (Å²) < 4.78 is 0. The molecule has 7 atom stereocenters. The molecule has 68 heavy (non-hydrogen) atoms. The maximum atomic E-state index is 14.6. The Morgan fingerprint density at radius 2 is 1.01 bits per heavy atom. The summed E-state index contributed by atoms with van der Waals surface area (Å²) in [6.07, 6.45) is 3.43. The Morgan fingerprint density at radius 3 is 1.59 bits per heavy atom. The minimum atomic E-state index is -1.26. The number of carboxylic acids is 1. The molecule has 0 aliphatic carbocycles. The van der Waals surface area contributed by atoms with Crippen LogP contribution < -0.4 is 43.4 Å². The van der Waals surface area contributed by atoms with Crippen LogP contribution in [-0.4, -0.2) is 100 Å². The normalized spacial score (nSPS) is 14.5. The number of aliphatic carboxylic acids is 1. The van der Waals surface area contributed by atoms with E-state index in [0.717, 1.165) is 22.0 Å². The van der Waals surface area contributed by atoms with Crippen LogP contribution in [0.4, 0.5) is 0 Å². The molecular formula is C51H71N9O8. The maximum Gasteiger partial charge on any atom is 0.326 e. The zero-order valence-corrected chi connectivity index (χ0v) is 40.1. The minimum absolute atomic E-state index is 0.00190. The molecule has 6 amide bonds. The smallest absolute Gasteiger partial charge is 0.326 e. The van der Waals surface area contributed by atoms with Crippen molar-refractivity contribution < 1.29 is 38.7 Å². The lowest BCUT2D eigenvalue weighted by atomic mass is 9.97. The molecule has 1 heterocycles. The van der Waals surface area contributed by atoms with E-state index in [9.17, 15) is 38.7 Å². The zero-order chi connectivity index (χ0) is 49.9. The van der Waals surface area contributed by atoms with Crippen LogP contribution >= 0.6 is 0 Å². The number of carboxylic acid groups (broad SMARTS) is 1. The maximum absolute atomic E-state index is 14.6. The van der Waals surface area contributed by atoms with Crippen LogP contribution in [0.3, 0.4) is 0 Å². The molecule has 3 aromatic carbocycles. The number of nitrogens with one attached hydrogen (secondary N) is 7. The monoisotopic (exact) mass is 938 g/mol. The van der Waals surface area contributed by atoms with E-state index in [1.54, 1.807) is 33.9 Å². The predicted octanol–water partition coefficient (Wildman–Crippen LogP) is 3.00. The van der Waals surface area contributed by atoms with Crippen LogP contribution in [0.25, 0.3) is 10.9 Å². The molecule has 0 bridgehead atoms. The Balaban J connectivity index is 1.59. The number of carbonyl (C=O) groups is 7. The highest BCUT2D eigenvalue weighted by atomic mass is 16.4. The number of hydrogen-bond acceptors (Lipinski definition) is 9. The number of aromatic nitrogens is 1. The summed E-state index contributed by atoms with van der Waals surface area (Å²) >= 11 is 0. The molecular weight excluding hydrogens is 867 g/mol. The van der Waals surface area contributed by atoms with Gasteiger partial charge in [-0.15, -0.1) is 0 Å². The van der Waals surface area contributed by atoms with E-state index in [1.807, 2.05) is 98.8 Å². The van der Waals surface area contributed by atoms with Crippen molar-refractivity contribution >= 4 is 52.3 Å². The van der Waals surface area contributed by atoms with Gasteiger partial charge < -0.3 is 53.5 Å². The highest BCUT2D eigenvalue weighted by molar-refractivity contribution is 5.97. The SMILES string of the molecule is CC(C)C[C@@H](NC(=O)[C@@H](CCCCN)NC(=O)[C@H](NC(=O)[C@H](NC(=O)[C@@H](Cc1c[nH]c2ccccc12)NC(=O)[C@@H](Cc1ccccc1)NC(=O)[C@H](N)Cc1ccccc1)C(C)C)C(C)C)C(=O)O. The van der Waals surface area contributed by atoms with Crippen molar-refractivity contribution in [3.05, 3.63) is 108 Å².